The van der Waals surface area contributed by atoms with Crippen LogP contribution in [-0.2, 0) is 0 Å². The standard InChI is InChI=1S/C10H8N6/c1-7-14-9(8-2-4-11-5-3-8)15-10-12-6-13-16(7)10/h2-6H,1H3. The molecule has 0 atom stereocenters. The zero-order valence-corrected chi connectivity index (χ0v) is 8.57. The van der Waals surface area contributed by atoms with Gasteiger partial charge in [-0.15, -0.1) is 0 Å². The van der Waals surface area contributed by atoms with Gasteiger partial charge < -0.3 is 0 Å². The SMILES string of the molecule is Cc1nc(-c2ccncc2)nc2ncnn12. The number of aryl methyl sites for hydroxylation is 1. The highest BCUT2D eigenvalue weighted by atomic mass is 15.3. The monoisotopic (exact) mass is 212 g/mol. The lowest BCUT2D eigenvalue weighted by Crippen LogP contribution is -2.02. The van der Waals surface area contributed by atoms with E-state index in [2.05, 4.69) is 25.0 Å². The molecule has 0 unspecified atom stereocenters. The third-order valence-electron chi connectivity index (χ3n) is 2.25. The summed E-state index contributed by atoms with van der Waals surface area (Å²) in [5.41, 5.74) is 0.920. The van der Waals surface area contributed by atoms with Gasteiger partial charge in [-0.05, 0) is 19.1 Å². The van der Waals surface area contributed by atoms with Crippen LogP contribution < -0.4 is 0 Å². The second-order valence-electron chi connectivity index (χ2n) is 3.30. The van der Waals surface area contributed by atoms with Crippen LogP contribution in [0.2, 0.25) is 0 Å². The Morgan fingerprint density at radius 3 is 2.75 bits per heavy atom. The summed E-state index contributed by atoms with van der Waals surface area (Å²) < 4.78 is 1.60. The van der Waals surface area contributed by atoms with Crippen LogP contribution >= 0.6 is 0 Å². The van der Waals surface area contributed by atoms with Gasteiger partial charge in [-0.1, -0.05) is 0 Å². The van der Waals surface area contributed by atoms with Crippen molar-refractivity contribution in [3.63, 3.8) is 0 Å². The van der Waals surface area contributed by atoms with Crippen molar-refractivity contribution in [2.45, 2.75) is 6.92 Å². The normalized spacial score (nSPS) is 10.8. The van der Waals surface area contributed by atoms with E-state index in [1.54, 1.807) is 16.9 Å². The van der Waals surface area contributed by atoms with Gasteiger partial charge >= 0.3 is 0 Å². The molecule has 16 heavy (non-hydrogen) atoms. The van der Waals surface area contributed by atoms with Crippen molar-refractivity contribution >= 4 is 5.78 Å². The molecule has 0 N–H and O–H groups in total. The fourth-order valence-corrected chi connectivity index (χ4v) is 1.49. The molecule has 0 aliphatic rings. The molecule has 3 rings (SSSR count). The van der Waals surface area contributed by atoms with Gasteiger partial charge in [0, 0.05) is 18.0 Å². The Balaban J connectivity index is 2.25. The summed E-state index contributed by atoms with van der Waals surface area (Å²) in [5.74, 6) is 1.95. The van der Waals surface area contributed by atoms with Crippen LogP contribution in [0.3, 0.4) is 0 Å². The van der Waals surface area contributed by atoms with E-state index in [0.29, 0.717) is 11.6 Å². The molecule has 78 valence electrons. The highest BCUT2D eigenvalue weighted by Crippen LogP contribution is 2.13. The van der Waals surface area contributed by atoms with E-state index in [9.17, 15) is 0 Å². The van der Waals surface area contributed by atoms with Gasteiger partial charge in [0.25, 0.3) is 5.78 Å². The van der Waals surface area contributed by atoms with E-state index in [-0.39, 0.29) is 0 Å². The first-order valence-corrected chi connectivity index (χ1v) is 4.79. The van der Waals surface area contributed by atoms with E-state index in [4.69, 9.17) is 0 Å². The molecule has 0 bridgehead atoms. The third kappa shape index (κ3) is 1.31. The van der Waals surface area contributed by atoms with Gasteiger partial charge in [0.15, 0.2) is 5.82 Å². The lowest BCUT2D eigenvalue weighted by molar-refractivity contribution is 0.840. The molecular weight excluding hydrogens is 204 g/mol. The third-order valence-corrected chi connectivity index (χ3v) is 2.25. The molecule has 0 aliphatic carbocycles. The Kier molecular flexibility index (Phi) is 1.86. The Hall–Kier alpha value is -2.37. The van der Waals surface area contributed by atoms with Crippen LogP contribution in [-0.4, -0.2) is 29.5 Å². The van der Waals surface area contributed by atoms with Crippen LogP contribution in [0, 0.1) is 6.92 Å². The van der Waals surface area contributed by atoms with Gasteiger partial charge in [-0.2, -0.15) is 19.6 Å². The van der Waals surface area contributed by atoms with E-state index < -0.39 is 0 Å². The molecule has 0 aliphatic heterocycles. The summed E-state index contributed by atoms with van der Waals surface area (Å²) in [7, 11) is 0. The minimum atomic E-state index is 0.555. The van der Waals surface area contributed by atoms with Crippen LogP contribution in [0.5, 0.6) is 0 Å². The van der Waals surface area contributed by atoms with Crippen LogP contribution in [0.25, 0.3) is 17.2 Å². The molecule has 6 heteroatoms. The first-order valence-electron chi connectivity index (χ1n) is 4.79. The number of pyridine rings is 1. The van der Waals surface area contributed by atoms with E-state index in [1.165, 1.54) is 6.33 Å². The molecule has 3 aromatic heterocycles. The number of nitrogens with zero attached hydrogens (tertiary/aromatic N) is 6. The van der Waals surface area contributed by atoms with Gasteiger partial charge in [0.2, 0.25) is 0 Å². The average Bonchev–Trinajstić information content (AvgIpc) is 2.79. The van der Waals surface area contributed by atoms with Crippen LogP contribution in [0.1, 0.15) is 5.82 Å². The smallest absolute Gasteiger partial charge is 0.255 e. The predicted molar refractivity (Wildman–Crippen MR) is 56.5 cm³/mol. The molecule has 0 aromatic carbocycles. The highest BCUT2D eigenvalue weighted by molar-refractivity contribution is 5.55. The first kappa shape index (κ1) is 8.90. The lowest BCUT2D eigenvalue weighted by Gasteiger charge is -2.01. The summed E-state index contributed by atoms with van der Waals surface area (Å²) in [5, 5.41) is 4.02. The maximum absolute atomic E-state index is 4.37. The topological polar surface area (TPSA) is 68.9 Å². The van der Waals surface area contributed by atoms with Gasteiger partial charge in [0.05, 0.1) is 0 Å². The van der Waals surface area contributed by atoms with Crippen molar-refractivity contribution in [3.8, 4) is 11.4 Å². The molecule has 0 saturated heterocycles. The quantitative estimate of drug-likeness (QED) is 0.599. The zero-order chi connectivity index (χ0) is 11.0. The molecule has 3 heterocycles. The zero-order valence-electron chi connectivity index (χ0n) is 8.57. The molecule has 0 radical (unpaired) electrons. The molecule has 0 spiro atoms. The number of hydrogen-bond donors (Lipinski definition) is 0. The van der Waals surface area contributed by atoms with Gasteiger partial charge in [-0.25, -0.2) is 4.98 Å². The molecular formula is C10H8N6. The summed E-state index contributed by atoms with van der Waals surface area (Å²) in [6.07, 6.45) is 4.89. The van der Waals surface area contributed by atoms with Gasteiger partial charge in [0.1, 0.15) is 12.2 Å². The van der Waals surface area contributed by atoms with E-state index in [1.807, 2.05) is 19.1 Å². The fourth-order valence-electron chi connectivity index (χ4n) is 1.49. The molecule has 0 amide bonds. The number of fused-ring (bicyclic) bond motifs is 1. The summed E-state index contributed by atoms with van der Waals surface area (Å²) in [6.45, 7) is 1.87. The van der Waals surface area contributed by atoms with E-state index in [0.717, 1.165) is 11.4 Å². The van der Waals surface area contributed by atoms with Crippen molar-refractivity contribution in [3.05, 3.63) is 36.7 Å². The van der Waals surface area contributed by atoms with Crippen LogP contribution in [0.4, 0.5) is 0 Å². The summed E-state index contributed by atoms with van der Waals surface area (Å²) in [4.78, 5) is 16.7. The minimum Gasteiger partial charge on any atom is -0.265 e. The van der Waals surface area contributed by atoms with Crippen molar-refractivity contribution in [2.24, 2.45) is 0 Å². The first-order chi connectivity index (χ1) is 7.84. The number of aromatic nitrogens is 6. The second-order valence-corrected chi connectivity index (χ2v) is 3.30. The summed E-state index contributed by atoms with van der Waals surface area (Å²) in [6, 6.07) is 3.73. The average molecular weight is 212 g/mol. The maximum Gasteiger partial charge on any atom is 0.255 e. The lowest BCUT2D eigenvalue weighted by atomic mass is 10.2. The van der Waals surface area contributed by atoms with Crippen molar-refractivity contribution in [1.82, 2.24) is 29.5 Å². The minimum absolute atomic E-state index is 0.555. The van der Waals surface area contributed by atoms with Crippen molar-refractivity contribution in [2.75, 3.05) is 0 Å². The molecule has 3 aromatic rings. The largest absolute Gasteiger partial charge is 0.265 e. The van der Waals surface area contributed by atoms with Gasteiger partial charge in [-0.3, -0.25) is 4.98 Å². The molecule has 0 fully saturated rings. The van der Waals surface area contributed by atoms with Crippen molar-refractivity contribution < 1.29 is 0 Å². The fraction of sp³-hybridized carbons (Fsp3) is 0.100. The van der Waals surface area contributed by atoms with E-state index >= 15 is 0 Å². The predicted octanol–water partition coefficient (Wildman–Crippen LogP) is 0.890. The maximum atomic E-state index is 4.37. The Morgan fingerprint density at radius 1 is 1.12 bits per heavy atom. The highest BCUT2D eigenvalue weighted by Gasteiger charge is 2.07. The molecule has 6 nitrogen and oxygen atoms in total. The Labute approximate surface area is 91.0 Å². The molecule has 0 saturated carbocycles. The van der Waals surface area contributed by atoms with Crippen molar-refractivity contribution in [1.29, 1.82) is 0 Å². The number of hydrogen-bond acceptors (Lipinski definition) is 5. The van der Waals surface area contributed by atoms with Crippen LogP contribution in [0.15, 0.2) is 30.9 Å². The second kappa shape index (κ2) is 3.34. The summed E-state index contributed by atoms with van der Waals surface area (Å²) >= 11 is 0. The Bertz CT molecular complexity index is 630. The Morgan fingerprint density at radius 2 is 1.94 bits per heavy atom. The number of rotatable bonds is 1.